The Morgan fingerprint density at radius 3 is 2.92 bits per heavy atom. The van der Waals surface area contributed by atoms with E-state index < -0.39 is 0 Å². The zero-order valence-electron chi connectivity index (χ0n) is 14.7. The van der Waals surface area contributed by atoms with Crippen molar-refractivity contribution in [1.29, 1.82) is 0 Å². The van der Waals surface area contributed by atoms with Crippen LogP contribution in [0.3, 0.4) is 0 Å². The summed E-state index contributed by atoms with van der Waals surface area (Å²) in [5.41, 5.74) is 5.72. The van der Waals surface area contributed by atoms with Crippen LogP contribution in [0.5, 0.6) is 0 Å². The number of pyridine rings is 1. The molecule has 3 aromatic heterocycles. The Hall–Kier alpha value is -2.76. The molecule has 0 fully saturated rings. The molecule has 4 rings (SSSR count). The maximum absolute atomic E-state index is 4.73. The monoisotopic (exact) mass is 334 g/mol. The Kier molecular flexibility index (Phi) is 4.17. The number of anilines is 1. The number of aromatic nitrogens is 5. The number of nitrogens with zero attached hydrogens (tertiary/aromatic N) is 5. The number of aromatic amines is 1. The highest BCUT2D eigenvalue weighted by Gasteiger charge is 2.18. The Morgan fingerprint density at radius 2 is 2.08 bits per heavy atom. The van der Waals surface area contributed by atoms with Gasteiger partial charge in [0.25, 0.3) is 0 Å². The molecule has 0 saturated heterocycles. The third-order valence-electron chi connectivity index (χ3n) is 4.68. The van der Waals surface area contributed by atoms with Gasteiger partial charge in [0.15, 0.2) is 5.82 Å². The first-order chi connectivity index (χ1) is 12.2. The smallest absolute Gasteiger partial charge is 0.163 e. The van der Waals surface area contributed by atoms with E-state index in [-0.39, 0.29) is 0 Å². The van der Waals surface area contributed by atoms with Crippen molar-refractivity contribution in [3.63, 3.8) is 0 Å². The van der Waals surface area contributed by atoms with Crippen LogP contribution in [0.4, 0.5) is 5.82 Å². The fraction of sp³-hybridized carbons (Fsp3) is 0.368. The Labute approximate surface area is 147 Å². The summed E-state index contributed by atoms with van der Waals surface area (Å²) in [6, 6.07) is 5.90. The molecule has 1 N–H and O–H groups in total. The molecule has 0 amide bonds. The number of hydrogen-bond donors (Lipinski definition) is 1. The molecular formula is C19H22N6. The van der Waals surface area contributed by atoms with Gasteiger partial charge in [-0.15, -0.1) is 0 Å². The molecule has 3 heterocycles. The molecule has 0 aliphatic heterocycles. The number of hydrogen-bond acceptors (Lipinski definition) is 5. The minimum atomic E-state index is 0.707. The SMILES string of the molecule is Cc1cc(N(C)Cc2n[nH]c3c2CCCC3)nc(-c2cccnc2)n1. The minimum absolute atomic E-state index is 0.707. The van der Waals surface area contributed by atoms with E-state index in [1.807, 2.05) is 25.1 Å². The number of H-pyrrole nitrogens is 1. The van der Waals surface area contributed by atoms with Crippen molar-refractivity contribution >= 4 is 5.82 Å². The van der Waals surface area contributed by atoms with E-state index in [1.165, 1.54) is 24.1 Å². The lowest BCUT2D eigenvalue weighted by atomic mass is 9.96. The quantitative estimate of drug-likeness (QED) is 0.794. The Morgan fingerprint density at radius 1 is 1.20 bits per heavy atom. The molecule has 0 radical (unpaired) electrons. The van der Waals surface area contributed by atoms with Gasteiger partial charge in [0.2, 0.25) is 0 Å². The van der Waals surface area contributed by atoms with Crippen LogP contribution in [0, 0.1) is 6.92 Å². The van der Waals surface area contributed by atoms with Gasteiger partial charge in [0.1, 0.15) is 5.82 Å². The normalized spacial score (nSPS) is 13.5. The third kappa shape index (κ3) is 3.24. The molecule has 128 valence electrons. The zero-order chi connectivity index (χ0) is 17.2. The molecule has 0 aromatic carbocycles. The van der Waals surface area contributed by atoms with Crippen molar-refractivity contribution in [2.45, 2.75) is 39.2 Å². The average Bonchev–Trinajstić information content (AvgIpc) is 3.05. The predicted molar refractivity (Wildman–Crippen MR) is 97.3 cm³/mol. The first kappa shape index (κ1) is 15.7. The van der Waals surface area contributed by atoms with Crippen LogP contribution in [0.1, 0.15) is 35.5 Å². The second-order valence-corrected chi connectivity index (χ2v) is 6.62. The molecule has 3 aromatic rings. The van der Waals surface area contributed by atoms with Gasteiger partial charge in [-0.25, -0.2) is 9.97 Å². The van der Waals surface area contributed by atoms with Crippen molar-refractivity contribution in [3.05, 3.63) is 53.2 Å². The highest BCUT2D eigenvalue weighted by Crippen LogP contribution is 2.25. The van der Waals surface area contributed by atoms with Crippen LogP contribution < -0.4 is 4.90 Å². The second-order valence-electron chi connectivity index (χ2n) is 6.62. The Bertz CT molecular complexity index is 871. The van der Waals surface area contributed by atoms with Crippen molar-refractivity contribution in [2.24, 2.45) is 0 Å². The molecule has 1 aliphatic carbocycles. The number of nitrogens with one attached hydrogen (secondary N) is 1. The van der Waals surface area contributed by atoms with E-state index in [0.717, 1.165) is 42.2 Å². The summed E-state index contributed by atoms with van der Waals surface area (Å²) >= 11 is 0. The van der Waals surface area contributed by atoms with E-state index in [0.29, 0.717) is 5.82 Å². The van der Waals surface area contributed by atoms with Gasteiger partial charge in [-0.1, -0.05) is 0 Å². The number of rotatable bonds is 4. The summed E-state index contributed by atoms with van der Waals surface area (Å²) in [6.45, 7) is 2.74. The van der Waals surface area contributed by atoms with Crippen LogP contribution in [-0.4, -0.2) is 32.2 Å². The highest BCUT2D eigenvalue weighted by molar-refractivity contribution is 5.56. The first-order valence-corrected chi connectivity index (χ1v) is 8.73. The summed E-state index contributed by atoms with van der Waals surface area (Å²) in [6.07, 6.45) is 8.29. The van der Waals surface area contributed by atoms with Crippen molar-refractivity contribution in [3.8, 4) is 11.4 Å². The molecule has 0 atom stereocenters. The summed E-state index contributed by atoms with van der Waals surface area (Å²) < 4.78 is 0. The Balaban J connectivity index is 1.61. The zero-order valence-corrected chi connectivity index (χ0v) is 14.7. The summed E-state index contributed by atoms with van der Waals surface area (Å²) in [4.78, 5) is 15.6. The summed E-state index contributed by atoms with van der Waals surface area (Å²) in [5, 5.41) is 7.76. The second kappa shape index (κ2) is 6.63. The maximum Gasteiger partial charge on any atom is 0.163 e. The van der Waals surface area contributed by atoms with Crippen LogP contribution >= 0.6 is 0 Å². The largest absolute Gasteiger partial charge is 0.354 e. The van der Waals surface area contributed by atoms with Crippen molar-refractivity contribution < 1.29 is 0 Å². The standard InChI is InChI=1S/C19H22N6/c1-13-10-18(22-19(21-13)14-6-5-9-20-11-14)25(2)12-17-15-7-3-4-8-16(15)23-24-17/h5-6,9-11H,3-4,7-8,12H2,1-2H3,(H,23,24). The van der Waals surface area contributed by atoms with Crippen LogP contribution in [0.15, 0.2) is 30.6 Å². The lowest BCUT2D eigenvalue weighted by molar-refractivity contribution is 0.671. The van der Waals surface area contributed by atoms with Gasteiger partial charge in [-0.05, 0) is 50.3 Å². The molecule has 0 spiro atoms. The van der Waals surface area contributed by atoms with Gasteiger partial charge in [-0.2, -0.15) is 5.10 Å². The maximum atomic E-state index is 4.73. The number of fused-ring (bicyclic) bond motifs is 1. The van der Waals surface area contributed by atoms with Gasteiger partial charge in [0.05, 0.1) is 12.2 Å². The predicted octanol–water partition coefficient (Wildman–Crippen LogP) is 3.09. The van der Waals surface area contributed by atoms with Gasteiger partial charge < -0.3 is 4.90 Å². The van der Waals surface area contributed by atoms with Crippen LogP contribution in [0.25, 0.3) is 11.4 Å². The summed E-state index contributed by atoms with van der Waals surface area (Å²) in [7, 11) is 2.05. The first-order valence-electron chi connectivity index (χ1n) is 8.73. The van der Waals surface area contributed by atoms with E-state index in [9.17, 15) is 0 Å². The van der Waals surface area contributed by atoms with E-state index in [2.05, 4.69) is 32.1 Å². The molecule has 0 bridgehead atoms. The molecule has 25 heavy (non-hydrogen) atoms. The molecule has 1 aliphatic rings. The lowest BCUT2D eigenvalue weighted by Crippen LogP contribution is -2.20. The molecule has 0 unspecified atom stereocenters. The fourth-order valence-electron chi connectivity index (χ4n) is 3.36. The van der Waals surface area contributed by atoms with Crippen molar-refractivity contribution in [2.75, 3.05) is 11.9 Å². The van der Waals surface area contributed by atoms with Crippen LogP contribution in [-0.2, 0) is 19.4 Å². The fourth-order valence-corrected chi connectivity index (χ4v) is 3.36. The topological polar surface area (TPSA) is 70.6 Å². The van der Waals surface area contributed by atoms with E-state index in [4.69, 9.17) is 4.98 Å². The molecule has 6 nitrogen and oxygen atoms in total. The average molecular weight is 334 g/mol. The van der Waals surface area contributed by atoms with Gasteiger partial charge >= 0.3 is 0 Å². The van der Waals surface area contributed by atoms with E-state index in [1.54, 1.807) is 12.4 Å². The molecule has 0 saturated carbocycles. The molecule has 6 heteroatoms. The third-order valence-corrected chi connectivity index (χ3v) is 4.68. The lowest BCUT2D eigenvalue weighted by Gasteiger charge is -2.19. The summed E-state index contributed by atoms with van der Waals surface area (Å²) in [5.74, 6) is 1.61. The van der Waals surface area contributed by atoms with Crippen molar-refractivity contribution in [1.82, 2.24) is 25.1 Å². The minimum Gasteiger partial charge on any atom is -0.354 e. The van der Waals surface area contributed by atoms with Gasteiger partial charge in [-0.3, -0.25) is 10.1 Å². The number of aryl methyl sites for hydroxylation is 2. The van der Waals surface area contributed by atoms with Crippen LogP contribution in [0.2, 0.25) is 0 Å². The van der Waals surface area contributed by atoms with E-state index >= 15 is 0 Å². The highest BCUT2D eigenvalue weighted by atomic mass is 15.2. The molecular weight excluding hydrogens is 312 g/mol. The van der Waals surface area contributed by atoms with Gasteiger partial charge in [0, 0.05) is 42.5 Å².